The minimum atomic E-state index is -0.865. The number of pyridine rings is 1. The average molecular weight is 303 g/mol. The Balaban J connectivity index is 1.96. The van der Waals surface area contributed by atoms with E-state index >= 15 is 0 Å². The molecule has 0 atom stereocenters. The molecule has 0 unspecified atom stereocenters. The molecule has 1 aromatic heterocycles. The first-order valence-corrected chi connectivity index (χ1v) is 6.67. The largest absolute Gasteiger partial charge is 0.460 e. The first kappa shape index (κ1) is 15.6. The number of carbonyl (C=O) groups is 2. The topological polar surface area (TPSA) is 65.5 Å². The van der Waals surface area contributed by atoms with E-state index in [-0.39, 0.29) is 18.8 Å². The number of halogens is 1. The Morgan fingerprint density at radius 2 is 1.77 bits per heavy atom. The number of hydrogen-bond donors (Lipinski definition) is 0. The molecule has 2 rings (SSSR count). The van der Waals surface area contributed by atoms with Crippen LogP contribution >= 0.6 is 0 Å². The molecular formula is C16H14FNO4. The SMILES string of the molecule is CCOC(=O)C(=O)Cc1ccc(Oc2ccc(F)cc2)cn1. The third-order valence-corrected chi connectivity index (χ3v) is 2.69. The van der Waals surface area contributed by atoms with Gasteiger partial charge in [-0.1, -0.05) is 0 Å². The Labute approximate surface area is 126 Å². The first-order valence-electron chi connectivity index (χ1n) is 6.67. The highest BCUT2D eigenvalue weighted by Crippen LogP contribution is 2.20. The van der Waals surface area contributed by atoms with Crippen molar-refractivity contribution in [2.45, 2.75) is 13.3 Å². The monoisotopic (exact) mass is 303 g/mol. The average Bonchev–Trinajstić information content (AvgIpc) is 2.51. The van der Waals surface area contributed by atoms with Crippen molar-refractivity contribution >= 4 is 11.8 Å². The van der Waals surface area contributed by atoms with Gasteiger partial charge in [-0.2, -0.15) is 0 Å². The molecule has 114 valence electrons. The molecule has 0 saturated carbocycles. The van der Waals surface area contributed by atoms with Crippen LogP contribution in [-0.4, -0.2) is 23.3 Å². The highest BCUT2D eigenvalue weighted by molar-refractivity contribution is 6.34. The maximum atomic E-state index is 12.8. The van der Waals surface area contributed by atoms with Crippen LogP contribution in [0.3, 0.4) is 0 Å². The molecule has 6 heteroatoms. The number of carbonyl (C=O) groups excluding carboxylic acids is 2. The summed E-state index contributed by atoms with van der Waals surface area (Å²) >= 11 is 0. The van der Waals surface area contributed by atoms with Crippen molar-refractivity contribution in [3.8, 4) is 11.5 Å². The molecule has 1 aromatic carbocycles. The van der Waals surface area contributed by atoms with Crippen LogP contribution < -0.4 is 4.74 Å². The molecule has 1 heterocycles. The van der Waals surface area contributed by atoms with Crippen LogP contribution in [0.15, 0.2) is 42.6 Å². The van der Waals surface area contributed by atoms with E-state index in [1.807, 2.05) is 0 Å². The maximum Gasteiger partial charge on any atom is 0.375 e. The first-order chi connectivity index (χ1) is 10.6. The lowest BCUT2D eigenvalue weighted by atomic mass is 10.2. The Kier molecular flexibility index (Phi) is 5.19. The lowest BCUT2D eigenvalue weighted by molar-refractivity contribution is -0.153. The van der Waals surface area contributed by atoms with Gasteiger partial charge in [-0.05, 0) is 43.3 Å². The van der Waals surface area contributed by atoms with Gasteiger partial charge >= 0.3 is 5.97 Å². The van der Waals surface area contributed by atoms with Crippen LogP contribution in [0.1, 0.15) is 12.6 Å². The molecule has 0 fully saturated rings. The fourth-order valence-corrected chi connectivity index (χ4v) is 1.66. The van der Waals surface area contributed by atoms with Crippen molar-refractivity contribution in [3.05, 3.63) is 54.1 Å². The summed E-state index contributed by atoms with van der Waals surface area (Å²) in [4.78, 5) is 26.8. The van der Waals surface area contributed by atoms with Gasteiger partial charge in [0.25, 0.3) is 0 Å². The second kappa shape index (κ2) is 7.31. The Morgan fingerprint density at radius 1 is 1.09 bits per heavy atom. The van der Waals surface area contributed by atoms with Crippen LogP contribution in [0.25, 0.3) is 0 Å². The molecule has 0 aliphatic carbocycles. The van der Waals surface area contributed by atoms with Gasteiger partial charge in [0.1, 0.15) is 17.3 Å². The predicted octanol–water partition coefficient (Wildman–Crippen LogP) is 2.69. The van der Waals surface area contributed by atoms with E-state index in [2.05, 4.69) is 9.72 Å². The number of benzene rings is 1. The standard InChI is InChI=1S/C16H14FNO4/c1-2-21-16(20)15(19)9-12-5-8-14(10-18-12)22-13-6-3-11(17)4-7-13/h3-8,10H,2,9H2,1H3. The second-order valence-electron chi connectivity index (χ2n) is 4.36. The summed E-state index contributed by atoms with van der Waals surface area (Å²) in [5, 5.41) is 0. The molecule has 0 saturated heterocycles. The van der Waals surface area contributed by atoms with Gasteiger partial charge in [0, 0.05) is 5.69 Å². The van der Waals surface area contributed by atoms with Gasteiger partial charge in [0.05, 0.1) is 19.2 Å². The molecule has 0 spiro atoms. The van der Waals surface area contributed by atoms with E-state index < -0.39 is 11.8 Å². The zero-order valence-corrected chi connectivity index (χ0v) is 11.9. The second-order valence-corrected chi connectivity index (χ2v) is 4.36. The van der Waals surface area contributed by atoms with Gasteiger partial charge in [-0.3, -0.25) is 9.78 Å². The molecule has 2 aromatic rings. The zero-order chi connectivity index (χ0) is 15.9. The van der Waals surface area contributed by atoms with Gasteiger partial charge in [0.15, 0.2) is 0 Å². The molecular weight excluding hydrogens is 289 g/mol. The zero-order valence-electron chi connectivity index (χ0n) is 11.9. The van der Waals surface area contributed by atoms with Crippen molar-refractivity contribution < 1.29 is 23.5 Å². The smallest absolute Gasteiger partial charge is 0.375 e. The normalized spacial score (nSPS) is 10.1. The number of ether oxygens (including phenoxy) is 2. The molecule has 0 aliphatic heterocycles. The summed E-state index contributed by atoms with van der Waals surface area (Å²) in [6, 6.07) is 8.76. The van der Waals surface area contributed by atoms with E-state index in [0.717, 1.165) is 0 Å². The number of hydrogen-bond acceptors (Lipinski definition) is 5. The summed E-state index contributed by atoms with van der Waals surface area (Å²) in [5.74, 6) is -0.951. The minimum Gasteiger partial charge on any atom is -0.460 e. The lowest BCUT2D eigenvalue weighted by Crippen LogP contribution is -2.19. The van der Waals surface area contributed by atoms with Crippen LogP contribution in [-0.2, 0) is 20.7 Å². The molecule has 0 radical (unpaired) electrons. The molecule has 0 N–H and O–H groups in total. The Bertz CT molecular complexity index is 653. The van der Waals surface area contributed by atoms with Crippen molar-refractivity contribution in [2.75, 3.05) is 6.61 Å². The molecule has 5 nitrogen and oxygen atoms in total. The number of aromatic nitrogens is 1. The summed E-state index contributed by atoms with van der Waals surface area (Å²) < 4.78 is 22.9. The predicted molar refractivity (Wildman–Crippen MR) is 76.1 cm³/mol. The Hall–Kier alpha value is -2.76. The number of Topliss-reactive ketones (excluding diaryl/α,β-unsaturated/α-hetero) is 1. The van der Waals surface area contributed by atoms with Gasteiger partial charge < -0.3 is 9.47 Å². The van der Waals surface area contributed by atoms with Gasteiger partial charge in [-0.25, -0.2) is 9.18 Å². The van der Waals surface area contributed by atoms with E-state index in [1.165, 1.54) is 30.5 Å². The summed E-state index contributed by atoms with van der Waals surface area (Å²) in [6.45, 7) is 1.79. The highest BCUT2D eigenvalue weighted by atomic mass is 19.1. The third kappa shape index (κ3) is 4.37. The van der Waals surface area contributed by atoms with Crippen molar-refractivity contribution in [1.29, 1.82) is 0 Å². The van der Waals surface area contributed by atoms with Crippen LogP contribution in [0.4, 0.5) is 4.39 Å². The van der Waals surface area contributed by atoms with E-state index in [1.54, 1.807) is 19.1 Å². The van der Waals surface area contributed by atoms with E-state index in [9.17, 15) is 14.0 Å². The molecule has 22 heavy (non-hydrogen) atoms. The van der Waals surface area contributed by atoms with E-state index in [0.29, 0.717) is 17.2 Å². The minimum absolute atomic E-state index is 0.129. The Morgan fingerprint density at radius 3 is 2.36 bits per heavy atom. The quantitative estimate of drug-likeness (QED) is 0.606. The molecule has 0 bridgehead atoms. The number of esters is 1. The third-order valence-electron chi connectivity index (χ3n) is 2.69. The highest BCUT2D eigenvalue weighted by Gasteiger charge is 2.15. The number of rotatable bonds is 6. The molecule has 0 amide bonds. The lowest BCUT2D eigenvalue weighted by Gasteiger charge is -2.06. The van der Waals surface area contributed by atoms with E-state index in [4.69, 9.17) is 4.74 Å². The van der Waals surface area contributed by atoms with Gasteiger partial charge in [-0.15, -0.1) is 0 Å². The van der Waals surface area contributed by atoms with Gasteiger partial charge in [0.2, 0.25) is 5.78 Å². The van der Waals surface area contributed by atoms with Crippen molar-refractivity contribution in [2.24, 2.45) is 0 Å². The van der Waals surface area contributed by atoms with Crippen LogP contribution in [0, 0.1) is 5.82 Å². The molecule has 0 aliphatic rings. The van der Waals surface area contributed by atoms with Crippen molar-refractivity contribution in [1.82, 2.24) is 4.98 Å². The van der Waals surface area contributed by atoms with Crippen molar-refractivity contribution in [3.63, 3.8) is 0 Å². The summed E-state index contributed by atoms with van der Waals surface area (Å²) in [6.07, 6.45) is 1.30. The summed E-state index contributed by atoms with van der Waals surface area (Å²) in [7, 11) is 0. The van der Waals surface area contributed by atoms with Crippen LogP contribution in [0.2, 0.25) is 0 Å². The maximum absolute atomic E-state index is 12.8. The fourth-order valence-electron chi connectivity index (χ4n) is 1.66. The fraction of sp³-hybridized carbons (Fsp3) is 0.188. The summed E-state index contributed by atoms with van der Waals surface area (Å²) in [5.41, 5.74) is 0.435. The van der Waals surface area contributed by atoms with Crippen LogP contribution in [0.5, 0.6) is 11.5 Å². The number of ketones is 1. The number of nitrogens with zero attached hydrogens (tertiary/aromatic N) is 1.